The van der Waals surface area contributed by atoms with Crippen molar-refractivity contribution in [3.05, 3.63) is 54.1 Å². The van der Waals surface area contributed by atoms with Crippen LogP contribution in [0.2, 0.25) is 0 Å². The lowest BCUT2D eigenvalue weighted by Crippen LogP contribution is -2.11. The molecular weight excluding hydrogens is 288 g/mol. The van der Waals surface area contributed by atoms with E-state index in [9.17, 15) is 8.42 Å². The number of anilines is 1. The van der Waals surface area contributed by atoms with Crippen LogP contribution in [-0.2, 0) is 16.4 Å². The maximum Gasteiger partial charge on any atom is 0.238 e. The van der Waals surface area contributed by atoms with E-state index in [1.165, 1.54) is 12.1 Å². The number of rotatable bonds is 6. The summed E-state index contributed by atoms with van der Waals surface area (Å²) in [6.07, 6.45) is 1.64. The smallest absolute Gasteiger partial charge is 0.238 e. The van der Waals surface area contributed by atoms with E-state index in [1.807, 2.05) is 12.1 Å². The fraction of sp³-hybridized carbons (Fsp3) is 0.200. The molecule has 0 heterocycles. The van der Waals surface area contributed by atoms with Gasteiger partial charge in [-0.1, -0.05) is 12.1 Å². The van der Waals surface area contributed by atoms with Crippen molar-refractivity contribution in [2.24, 2.45) is 5.14 Å². The highest BCUT2D eigenvalue weighted by molar-refractivity contribution is 7.89. The Kier molecular flexibility index (Phi) is 4.82. The molecule has 0 saturated carbocycles. The second kappa shape index (κ2) is 6.60. The zero-order valence-electron chi connectivity index (χ0n) is 11.5. The molecule has 0 aliphatic carbocycles. The lowest BCUT2D eigenvalue weighted by atomic mass is 10.1. The zero-order chi connectivity index (χ0) is 15.3. The van der Waals surface area contributed by atoms with E-state index in [0.29, 0.717) is 12.3 Å². The third-order valence-corrected chi connectivity index (χ3v) is 3.94. The standard InChI is InChI=1S/C15H18N2O3S/c16-13-5-7-14(8-6-13)20-11-1-2-12-3-9-15(10-4-12)21(17,18)19/h3-10H,1-2,11,16H2,(H2,17,18,19). The van der Waals surface area contributed by atoms with Crippen LogP contribution < -0.4 is 15.6 Å². The Bertz CT molecular complexity index is 680. The number of sulfonamides is 1. The van der Waals surface area contributed by atoms with E-state index in [2.05, 4.69) is 0 Å². The van der Waals surface area contributed by atoms with Gasteiger partial charge >= 0.3 is 0 Å². The average molecular weight is 306 g/mol. The summed E-state index contributed by atoms with van der Waals surface area (Å²) in [6.45, 7) is 0.584. The Hall–Kier alpha value is -2.05. The summed E-state index contributed by atoms with van der Waals surface area (Å²) < 4.78 is 27.9. The Balaban J connectivity index is 1.80. The minimum atomic E-state index is -3.62. The summed E-state index contributed by atoms with van der Waals surface area (Å²) >= 11 is 0. The number of nitrogens with two attached hydrogens (primary N) is 2. The van der Waals surface area contributed by atoms with Crippen LogP contribution in [-0.4, -0.2) is 15.0 Å². The normalized spacial score (nSPS) is 11.3. The SMILES string of the molecule is Nc1ccc(OCCCc2ccc(S(N)(=O)=O)cc2)cc1. The molecule has 0 unspecified atom stereocenters. The molecule has 5 nitrogen and oxygen atoms in total. The summed E-state index contributed by atoms with van der Waals surface area (Å²) in [5.74, 6) is 0.786. The van der Waals surface area contributed by atoms with Crippen LogP contribution >= 0.6 is 0 Å². The van der Waals surface area contributed by atoms with Crippen molar-refractivity contribution in [1.29, 1.82) is 0 Å². The maximum absolute atomic E-state index is 11.1. The minimum absolute atomic E-state index is 0.129. The highest BCUT2D eigenvalue weighted by Gasteiger charge is 2.06. The summed E-state index contributed by atoms with van der Waals surface area (Å²) in [5, 5.41) is 5.05. The van der Waals surface area contributed by atoms with Crippen molar-refractivity contribution >= 4 is 15.7 Å². The quantitative estimate of drug-likeness (QED) is 0.629. The molecule has 6 heteroatoms. The number of benzene rings is 2. The van der Waals surface area contributed by atoms with Gasteiger partial charge in [0.05, 0.1) is 11.5 Å². The molecular formula is C15H18N2O3S. The molecule has 0 spiro atoms. The van der Waals surface area contributed by atoms with Gasteiger partial charge in [-0.2, -0.15) is 0 Å². The van der Waals surface area contributed by atoms with Gasteiger partial charge in [-0.3, -0.25) is 0 Å². The first kappa shape index (κ1) is 15.3. The Morgan fingerprint density at radius 3 is 2.14 bits per heavy atom. The van der Waals surface area contributed by atoms with Gasteiger partial charge in [0.15, 0.2) is 0 Å². The molecule has 2 aromatic carbocycles. The molecule has 112 valence electrons. The van der Waals surface area contributed by atoms with Crippen LogP contribution in [0.4, 0.5) is 5.69 Å². The van der Waals surface area contributed by atoms with Crippen molar-refractivity contribution in [3.63, 3.8) is 0 Å². The Labute approximate surface area is 124 Å². The topological polar surface area (TPSA) is 95.4 Å². The van der Waals surface area contributed by atoms with Gasteiger partial charge in [-0.15, -0.1) is 0 Å². The average Bonchev–Trinajstić information content (AvgIpc) is 2.45. The van der Waals surface area contributed by atoms with Gasteiger partial charge in [0, 0.05) is 5.69 Å². The van der Waals surface area contributed by atoms with Crippen LogP contribution in [0.5, 0.6) is 5.75 Å². The first-order chi connectivity index (χ1) is 9.95. The van der Waals surface area contributed by atoms with Crippen molar-refractivity contribution in [3.8, 4) is 5.75 Å². The first-order valence-corrected chi connectivity index (χ1v) is 8.10. The number of nitrogen functional groups attached to an aromatic ring is 1. The molecule has 2 rings (SSSR count). The summed E-state index contributed by atoms with van der Waals surface area (Å²) in [5.41, 5.74) is 7.34. The first-order valence-electron chi connectivity index (χ1n) is 6.55. The third kappa shape index (κ3) is 4.77. The molecule has 0 saturated heterocycles. The number of hydrogen-bond donors (Lipinski definition) is 2. The van der Waals surface area contributed by atoms with E-state index in [-0.39, 0.29) is 4.90 Å². The molecule has 0 aromatic heterocycles. The van der Waals surface area contributed by atoms with Gasteiger partial charge in [-0.25, -0.2) is 13.6 Å². The zero-order valence-corrected chi connectivity index (χ0v) is 12.3. The molecule has 0 atom stereocenters. The van der Waals surface area contributed by atoms with Crippen LogP contribution in [0.3, 0.4) is 0 Å². The van der Waals surface area contributed by atoms with E-state index in [4.69, 9.17) is 15.6 Å². The number of hydrogen-bond acceptors (Lipinski definition) is 4. The van der Waals surface area contributed by atoms with Crippen molar-refractivity contribution in [2.75, 3.05) is 12.3 Å². The Morgan fingerprint density at radius 2 is 1.57 bits per heavy atom. The highest BCUT2D eigenvalue weighted by atomic mass is 32.2. The predicted molar refractivity (Wildman–Crippen MR) is 82.5 cm³/mol. The highest BCUT2D eigenvalue weighted by Crippen LogP contribution is 2.14. The maximum atomic E-state index is 11.1. The second-order valence-corrected chi connectivity index (χ2v) is 6.27. The summed E-state index contributed by atoms with van der Waals surface area (Å²) in [7, 11) is -3.62. The van der Waals surface area contributed by atoms with E-state index in [0.717, 1.165) is 24.2 Å². The molecule has 0 amide bonds. The lowest BCUT2D eigenvalue weighted by Gasteiger charge is -2.07. The number of ether oxygens (including phenoxy) is 1. The van der Waals surface area contributed by atoms with Crippen molar-refractivity contribution in [1.82, 2.24) is 0 Å². The molecule has 0 aliphatic heterocycles. The second-order valence-electron chi connectivity index (χ2n) is 4.71. The van der Waals surface area contributed by atoms with Gasteiger partial charge in [0.2, 0.25) is 10.0 Å². The fourth-order valence-corrected chi connectivity index (χ4v) is 2.39. The molecule has 4 N–H and O–H groups in total. The minimum Gasteiger partial charge on any atom is -0.494 e. The largest absolute Gasteiger partial charge is 0.494 e. The lowest BCUT2D eigenvalue weighted by molar-refractivity contribution is 0.311. The van der Waals surface area contributed by atoms with E-state index >= 15 is 0 Å². The number of aryl methyl sites for hydroxylation is 1. The van der Waals surface area contributed by atoms with Gasteiger partial charge in [-0.05, 0) is 54.8 Å². The van der Waals surface area contributed by atoms with Crippen molar-refractivity contribution in [2.45, 2.75) is 17.7 Å². The summed E-state index contributed by atoms with van der Waals surface area (Å²) in [4.78, 5) is 0.129. The van der Waals surface area contributed by atoms with Crippen molar-refractivity contribution < 1.29 is 13.2 Å². The van der Waals surface area contributed by atoms with Crippen LogP contribution in [0.1, 0.15) is 12.0 Å². The van der Waals surface area contributed by atoms with Gasteiger partial charge in [0.1, 0.15) is 5.75 Å². The third-order valence-electron chi connectivity index (χ3n) is 3.01. The summed E-state index contributed by atoms with van der Waals surface area (Å²) in [6, 6.07) is 13.8. The van der Waals surface area contributed by atoms with E-state index < -0.39 is 10.0 Å². The molecule has 0 aliphatic rings. The fourth-order valence-electron chi connectivity index (χ4n) is 1.88. The van der Waals surface area contributed by atoms with Crippen LogP contribution in [0.15, 0.2) is 53.4 Å². The molecule has 0 fully saturated rings. The van der Waals surface area contributed by atoms with Gasteiger partial charge in [0.25, 0.3) is 0 Å². The molecule has 21 heavy (non-hydrogen) atoms. The molecule has 0 bridgehead atoms. The molecule has 2 aromatic rings. The monoisotopic (exact) mass is 306 g/mol. The number of primary sulfonamides is 1. The Morgan fingerprint density at radius 1 is 0.952 bits per heavy atom. The van der Waals surface area contributed by atoms with Crippen LogP contribution in [0.25, 0.3) is 0 Å². The van der Waals surface area contributed by atoms with Gasteiger partial charge < -0.3 is 10.5 Å². The van der Waals surface area contributed by atoms with Crippen LogP contribution in [0, 0.1) is 0 Å². The molecule has 0 radical (unpaired) electrons. The predicted octanol–water partition coefficient (Wildman–Crippen LogP) is 1.93. The van der Waals surface area contributed by atoms with E-state index in [1.54, 1.807) is 24.3 Å².